The molecular weight excluding hydrogens is 250 g/mol. The van der Waals surface area contributed by atoms with Crippen LogP contribution < -0.4 is 5.32 Å². The molecule has 0 unspecified atom stereocenters. The summed E-state index contributed by atoms with van der Waals surface area (Å²) in [4.78, 5) is 21.6. The van der Waals surface area contributed by atoms with E-state index in [2.05, 4.69) is 5.32 Å². The second-order valence-corrected chi connectivity index (χ2v) is 4.03. The first-order chi connectivity index (χ1) is 9.08. The van der Waals surface area contributed by atoms with Crippen molar-refractivity contribution in [2.75, 3.05) is 6.54 Å². The number of amides is 1. The average Bonchev–Trinajstić information content (AvgIpc) is 2.36. The van der Waals surface area contributed by atoms with Crippen molar-refractivity contribution in [3.63, 3.8) is 0 Å². The van der Waals surface area contributed by atoms with Crippen molar-refractivity contribution in [2.24, 2.45) is 0 Å². The van der Waals surface area contributed by atoms with E-state index in [1.807, 2.05) is 30.3 Å². The Morgan fingerprint density at radius 2 is 1.95 bits per heavy atom. The van der Waals surface area contributed by atoms with E-state index in [9.17, 15) is 14.7 Å². The van der Waals surface area contributed by atoms with Gasteiger partial charge in [0.05, 0.1) is 12.5 Å². The molecule has 104 valence electrons. The Bertz CT molecular complexity index is 407. The lowest BCUT2D eigenvalue weighted by atomic mass is 10.2. The van der Waals surface area contributed by atoms with Crippen LogP contribution in [0.5, 0.6) is 0 Å². The number of carbonyl (C=O) groups is 2. The van der Waals surface area contributed by atoms with Gasteiger partial charge in [-0.1, -0.05) is 30.3 Å². The minimum Gasteiger partial charge on any atom is -0.481 e. The largest absolute Gasteiger partial charge is 0.481 e. The highest BCUT2D eigenvalue weighted by Crippen LogP contribution is 2.01. The summed E-state index contributed by atoms with van der Waals surface area (Å²) in [5, 5.41) is 20.1. The van der Waals surface area contributed by atoms with Crippen LogP contribution >= 0.6 is 0 Å². The number of nitrogens with one attached hydrogen (secondary N) is 1. The Balaban J connectivity index is 2.13. The van der Waals surface area contributed by atoms with Gasteiger partial charge in [-0.15, -0.1) is 0 Å². The molecule has 1 amide bonds. The van der Waals surface area contributed by atoms with Gasteiger partial charge in [0.2, 0.25) is 0 Å². The predicted octanol–water partition coefficient (Wildman–Crippen LogP) is 1.14. The summed E-state index contributed by atoms with van der Waals surface area (Å²) < 4.78 is 4.94. The summed E-state index contributed by atoms with van der Waals surface area (Å²) in [7, 11) is 0. The number of aliphatic hydroxyl groups is 1. The molecular formula is C13H17NO5. The summed E-state index contributed by atoms with van der Waals surface area (Å²) >= 11 is 0. The van der Waals surface area contributed by atoms with Gasteiger partial charge >= 0.3 is 12.1 Å². The normalized spacial score (nSPS) is 11.6. The lowest BCUT2D eigenvalue weighted by Crippen LogP contribution is -2.28. The lowest BCUT2D eigenvalue weighted by Gasteiger charge is -2.09. The third-order valence-electron chi connectivity index (χ3n) is 2.37. The van der Waals surface area contributed by atoms with Gasteiger partial charge in [0.15, 0.2) is 0 Å². The highest BCUT2D eigenvalue weighted by atomic mass is 16.5. The van der Waals surface area contributed by atoms with E-state index in [0.717, 1.165) is 5.56 Å². The molecule has 0 heterocycles. The minimum atomic E-state index is -1.07. The molecule has 0 aliphatic carbocycles. The van der Waals surface area contributed by atoms with Crippen molar-refractivity contribution < 1.29 is 24.5 Å². The van der Waals surface area contributed by atoms with Crippen molar-refractivity contribution in [2.45, 2.75) is 25.6 Å². The lowest BCUT2D eigenvalue weighted by molar-refractivity contribution is -0.139. The molecule has 0 aliphatic rings. The number of carbonyl (C=O) groups excluding carboxylic acids is 1. The zero-order valence-corrected chi connectivity index (χ0v) is 10.4. The Morgan fingerprint density at radius 1 is 1.26 bits per heavy atom. The number of ether oxygens (including phenoxy) is 1. The van der Waals surface area contributed by atoms with Crippen LogP contribution in [0.1, 0.15) is 18.4 Å². The summed E-state index contributed by atoms with van der Waals surface area (Å²) in [5.74, 6) is -1.07. The topological polar surface area (TPSA) is 95.9 Å². The third-order valence-corrected chi connectivity index (χ3v) is 2.37. The van der Waals surface area contributed by atoms with E-state index >= 15 is 0 Å². The fraction of sp³-hybridized carbons (Fsp3) is 0.385. The van der Waals surface area contributed by atoms with E-state index in [4.69, 9.17) is 9.84 Å². The van der Waals surface area contributed by atoms with Gasteiger partial charge in [-0.3, -0.25) is 4.79 Å². The molecule has 1 rings (SSSR count). The molecule has 0 fully saturated rings. The first kappa shape index (κ1) is 15.0. The van der Waals surface area contributed by atoms with Crippen molar-refractivity contribution >= 4 is 12.1 Å². The summed E-state index contributed by atoms with van der Waals surface area (Å²) in [6, 6.07) is 9.24. The maximum Gasteiger partial charge on any atom is 0.407 e. The Hall–Kier alpha value is -2.08. The van der Waals surface area contributed by atoms with Gasteiger partial charge in [-0.2, -0.15) is 0 Å². The molecule has 0 spiro atoms. The molecule has 1 atom stereocenters. The van der Waals surface area contributed by atoms with Crippen LogP contribution in [-0.4, -0.2) is 34.9 Å². The van der Waals surface area contributed by atoms with Crippen LogP contribution in [-0.2, 0) is 16.1 Å². The Morgan fingerprint density at radius 3 is 2.58 bits per heavy atom. The van der Waals surface area contributed by atoms with Gasteiger partial charge in [-0.05, 0) is 12.0 Å². The van der Waals surface area contributed by atoms with Gasteiger partial charge < -0.3 is 20.3 Å². The standard InChI is InChI=1S/C13H17NO5/c15-11(8-12(16)17)6-7-14-13(18)19-9-10-4-2-1-3-5-10/h1-5,11,15H,6-9H2,(H,14,18)(H,16,17)/t11-/m0/s1. The zero-order valence-electron chi connectivity index (χ0n) is 10.4. The molecule has 0 aromatic heterocycles. The van der Waals surface area contributed by atoms with Gasteiger partial charge in [0, 0.05) is 6.54 Å². The minimum absolute atomic E-state index is 0.169. The molecule has 6 nitrogen and oxygen atoms in total. The van der Waals surface area contributed by atoms with E-state index in [1.165, 1.54) is 0 Å². The number of aliphatic carboxylic acids is 1. The molecule has 0 bridgehead atoms. The van der Waals surface area contributed by atoms with E-state index in [-0.39, 0.29) is 26.0 Å². The highest BCUT2D eigenvalue weighted by molar-refractivity contribution is 5.67. The summed E-state index contributed by atoms with van der Waals surface area (Å²) in [5.41, 5.74) is 0.878. The maximum atomic E-state index is 11.3. The Labute approximate surface area is 111 Å². The van der Waals surface area contributed by atoms with E-state index in [1.54, 1.807) is 0 Å². The number of aliphatic hydroxyl groups excluding tert-OH is 1. The predicted molar refractivity (Wildman–Crippen MR) is 67.5 cm³/mol. The van der Waals surface area contributed by atoms with Crippen LogP contribution in [0.4, 0.5) is 4.79 Å². The number of hydrogen-bond donors (Lipinski definition) is 3. The number of alkyl carbamates (subject to hydrolysis) is 1. The molecule has 1 aromatic rings. The van der Waals surface area contributed by atoms with Crippen LogP contribution in [0.15, 0.2) is 30.3 Å². The second-order valence-electron chi connectivity index (χ2n) is 4.03. The van der Waals surface area contributed by atoms with Gasteiger partial charge in [0.25, 0.3) is 0 Å². The van der Waals surface area contributed by atoms with Crippen molar-refractivity contribution in [1.82, 2.24) is 5.32 Å². The fourth-order valence-electron chi connectivity index (χ4n) is 1.42. The van der Waals surface area contributed by atoms with Crippen molar-refractivity contribution in [1.29, 1.82) is 0 Å². The van der Waals surface area contributed by atoms with Gasteiger partial charge in [-0.25, -0.2) is 4.79 Å². The second kappa shape index (κ2) is 8.10. The molecule has 6 heteroatoms. The average molecular weight is 267 g/mol. The number of hydrogen-bond acceptors (Lipinski definition) is 4. The quantitative estimate of drug-likeness (QED) is 0.688. The number of rotatable bonds is 7. The van der Waals surface area contributed by atoms with Crippen LogP contribution in [0.25, 0.3) is 0 Å². The van der Waals surface area contributed by atoms with Crippen LogP contribution in [0.2, 0.25) is 0 Å². The number of carboxylic acids is 1. The van der Waals surface area contributed by atoms with Crippen LogP contribution in [0.3, 0.4) is 0 Å². The smallest absolute Gasteiger partial charge is 0.407 e. The molecule has 0 aliphatic heterocycles. The molecule has 0 saturated heterocycles. The summed E-state index contributed by atoms with van der Waals surface area (Å²) in [6.45, 7) is 0.340. The van der Waals surface area contributed by atoms with Crippen molar-refractivity contribution in [3.05, 3.63) is 35.9 Å². The highest BCUT2D eigenvalue weighted by Gasteiger charge is 2.10. The first-order valence-corrected chi connectivity index (χ1v) is 5.92. The Kier molecular flexibility index (Phi) is 6.38. The first-order valence-electron chi connectivity index (χ1n) is 5.92. The zero-order chi connectivity index (χ0) is 14.1. The molecule has 3 N–H and O–H groups in total. The molecule has 0 saturated carbocycles. The van der Waals surface area contributed by atoms with Gasteiger partial charge in [0.1, 0.15) is 6.61 Å². The van der Waals surface area contributed by atoms with Crippen LogP contribution in [0, 0.1) is 0 Å². The van der Waals surface area contributed by atoms with E-state index in [0.29, 0.717) is 0 Å². The molecule has 1 aromatic carbocycles. The number of carboxylic acid groups (broad SMARTS) is 1. The number of benzene rings is 1. The van der Waals surface area contributed by atoms with Crippen molar-refractivity contribution in [3.8, 4) is 0 Å². The molecule has 0 radical (unpaired) electrons. The maximum absolute atomic E-state index is 11.3. The molecule has 19 heavy (non-hydrogen) atoms. The fourth-order valence-corrected chi connectivity index (χ4v) is 1.42. The third kappa shape index (κ3) is 7.05. The SMILES string of the molecule is O=C(O)C[C@@H](O)CCNC(=O)OCc1ccccc1. The monoisotopic (exact) mass is 267 g/mol. The summed E-state index contributed by atoms with van der Waals surface area (Å²) in [6.07, 6.45) is -1.72. The van der Waals surface area contributed by atoms with E-state index < -0.39 is 18.2 Å².